The number of aromatic nitrogens is 1. The van der Waals surface area contributed by atoms with E-state index in [0.717, 1.165) is 18.7 Å². The summed E-state index contributed by atoms with van der Waals surface area (Å²) in [4.78, 5) is 3.79. The van der Waals surface area contributed by atoms with E-state index in [1.807, 2.05) is 6.92 Å². The Bertz CT molecular complexity index is 382. The highest BCUT2D eigenvalue weighted by atomic mass is 19.4. The fourth-order valence-corrected chi connectivity index (χ4v) is 1.85. The molecule has 19 heavy (non-hydrogen) atoms. The monoisotopic (exact) mass is 276 g/mol. The van der Waals surface area contributed by atoms with E-state index in [0.29, 0.717) is 19.6 Å². The van der Waals surface area contributed by atoms with Gasteiger partial charge in [0.15, 0.2) is 0 Å². The van der Waals surface area contributed by atoms with Crippen molar-refractivity contribution in [2.45, 2.75) is 32.0 Å². The van der Waals surface area contributed by atoms with Crippen LogP contribution in [0.3, 0.4) is 0 Å². The minimum absolute atomic E-state index is 0.164. The quantitative estimate of drug-likeness (QED) is 0.777. The maximum Gasteiger partial charge on any atom is 0.416 e. The number of rotatable bonds is 7. The molecule has 0 aliphatic rings. The third-order valence-electron chi connectivity index (χ3n) is 2.78. The lowest BCUT2D eigenvalue weighted by Crippen LogP contribution is -2.22. The van der Waals surface area contributed by atoms with Crippen molar-refractivity contribution in [3.63, 3.8) is 0 Å². The molecule has 0 saturated carbocycles. The molecule has 1 aromatic rings. The molecule has 0 aliphatic carbocycles. The zero-order valence-electron chi connectivity index (χ0n) is 11.1. The lowest BCUT2D eigenvalue weighted by atomic mass is 10.0. The van der Waals surface area contributed by atoms with Crippen LogP contribution in [0.25, 0.3) is 0 Å². The zero-order chi connectivity index (χ0) is 14.3. The van der Waals surface area contributed by atoms with Crippen LogP contribution in [0.15, 0.2) is 18.5 Å². The second-order valence-corrected chi connectivity index (χ2v) is 4.20. The smallest absolute Gasteiger partial charge is 0.381 e. The summed E-state index contributed by atoms with van der Waals surface area (Å²) < 4.78 is 44.0. The number of nitrogens with one attached hydrogen (secondary N) is 1. The Morgan fingerprint density at radius 1 is 1.37 bits per heavy atom. The fraction of sp³-hybridized carbons (Fsp3) is 0.615. The largest absolute Gasteiger partial charge is 0.416 e. The average molecular weight is 276 g/mol. The molecule has 108 valence electrons. The first-order chi connectivity index (χ1) is 9.00. The Morgan fingerprint density at radius 2 is 2.11 bits per heavy atom. The molecule has 0 amide bonds. The number of hydrogen-bond acceptors (Lipinski definition) is 3. The molecular weight excluding hydrogens is 257 g/mol. The van der Waals surface area contributed by atoms with Crippen LogP contribution in [0.5, 0.6) is 0 Å². The molecule has 0 aliphatic heterocycles. The third kappa shape index (κ3) is 4.80. The van der Waals surface area contributed by atoms with Gasteiger partial charge in [0.05, 0.1) is 5.56 Å². The van der Waals surface area contributed by atoms with Gasteiger partial charge in [-0.15, -0.1) is 0 Å². The van der Waals surface area contributed by atoms with E-state index in [1.165, 1.54) is 6.20 Å². The molecule has 1 N–H and O–H groups in total. The van der Waals surface area contributed by atoms with E-state index in [1.54, 1.807) is 7.05 Å². The van der Waals surface area contributed by atoms with Crippen LogP contribution >= 0.6 is 0 Å². The van der Waals surface area contributed by atoms with Crippen LogP contribution in [-0.2, 0) is 10.9 Å². The number of ether oxygens (including phenoxy) is 1. The van der Waals surface area contributed by atoms with E-state index < -0.39 is 17.8 Å². The van der Waals surface area contributed by atoms with Gasteiger partial charge in [-0.25, -0.2) is 0 Å². The first-order valence-electron chi connectivity index (χ1n) is 6.26. The number of nitrogens with zero attached hydrogens (tertiary/aromatic N) is 1. The maximum atomic E-state index is 12.9. The Hall–Kier alpha value is -1.14. The van der Waals surface area contributed by atoms with Gasteiger partial charge in [-0.1, -0.05) is 6.92 Å². The van der Waals surface area contributed by atoms with E-state index in [2.05, 4.69) is 10.3 Å². The topological polar surface area (TPSA) is 34.1 Å². The van der Waals surface area contributed by atoms with E-state index >= 15 is 0 Å². The van der Waals surface area contributed by atoms with Crippen LogP contribution in [0.2, 0.25) is 0 Å². The van der Waals surface area contributed by atoms with Crippen molar-refractivity contribution >= 4 is 0 Å². The lowest BCUT2D eigenvalue weighted by molar-refractivity contribution is -0.138. The van der Waals surface area contributed by atoms with Gasteiger partial charge in [-0.2, -0.15) is 13.2 Å². The minimum Gasteiger partial charge on any atom is -0.381 e. The van der Waals surface area contributed by atoms with Crippen LogP contribution in [0.1, 0.15) is 36.9 Å². The number of halogens is 3. The van der Waals surface area contributed by atoms with Gasteiger partial charge >= 0.3 is 6.18 Å². The highest BCUT2D eigenvalue weighted by Crippen LogP contribution is 2.34. The standard InChI is InChI=1S/C13H19F3N2O/c1-3-7-19-8-5-12(17-2)10-9-18-6-4-11(10)13(14,15)16/h4,6,9,12,17H,3,5,7-8H2,1-2H3. The molecule has 0 aromatic carbocycles. The molecule has 0 bridgehead atoms. The van der Waals surface area contributed by atoms with Crippen molar-refractivity contribution in [1.82, 2.24) is 10.3 Å². The lowest BCUT2D eigenvalue weighted by Gasteiger charge is -2.20. The molecule has 1 aromatic heterocycles. The predicted octanol–water partition coefficient (Wildman–Crippen LogP) is 3.18. The van der Waals surface area contributed by atoms with Gasteiger partial charge in [-0.3, -0.25) is 4.98 Å². The summed E-state index contributed by atoms with van der Waals surface area (Å²) in [5.41, 5.74) is -0.477. The minimum atomic E-state index is -4.36. The van der Waals surface area contributed by atoms with Crippen molar-refractivity contribution in [2.75, 3.05) is 20.3 Å². The fourth-order valence-electron chi connectivity index (χ4n) is 1.85. The summed E-state index contributed by atoms with van der Waals surface area (Å²) in [6.07, 6.45) is -0.565. The molecule has 1 atom stereocenters. The molecule has 3 nitrogen and oxygen atoms in total. The summed E-state index contributed by atoms with van der Waals surface area (Å²) in [5.74, 6) is 0. The van der Waals surface area contributed by atoms with E-state index in [4.69, 9.17) is 4.74 Å². The van der Waals surface area contributed by atoms with Gasteiger partial charge in [0.1, 0.15) is 0 Å². The Morgan fingerprint density at radius 3 is 2.68 bits per heavy atom. The van der Waals surface area contributed by atoms with Crippen molar-refractivity contribution in [3.05, 3.63) is 29.6 Å². The van der Waals surface area contributed by atoms with Crippen LogP contribution in [0, 0.1) is 0 Å². The third-order valence-corrected chi connectivity index (χ3v) is 2.78. The molecule has 0 radical (unpaired) electrons. The van der Waals surface area contributed by atoms with Crippen LogP contribution in [-0.4, -0.2) is 25.2 Å². The van der Waals surface area contributed by atoms with Crippen LogP contribution in [0.4, 0.5) is 13.2 Å². The number of pyridine rings is 1. The van der Waals surface area contributed by atoms with Gasteiger partial charge in [0, 0.05) is 31.6 Å². The molecular formula is C13H19F3N2O. The SMILES string of the molecule is CCCOCCC(NC)c1cnccc1C(F)(F)F. The first-order valence-corrected chi connectivity index (χ1v) is 6.26. The van der Waals surface area contributed by atoms with Crippen molar-refractivity contribution in [3.8, 4) is 0 Å². The van der Waals surface area contributed by atoms with Gasteiger partial charge < -0.3 is 10.1 Å². The highest BCUT2D eigenvalue weighted by Gasteiger charge is 2.34. The summed E-state index contributed by atoms with van der Waals surface area (Å²) in [6, 6.07) is 0.592. The highest BCUT2D eigenvalue weighted by molar-refractivity contribution is 5.29. The molecule has 1 unspecified atom stereocenters. The molecule has 0 saturated heterocycles. The summed E-state index contributed by atoms with van der Waals surface area (Å²) >= 11 is 0. The Kier molecular flexibility index (Phi) is 6.24. The van der Waals surface area contributed by atoms with Gasteiger partial charge in [0.2, 0.25) is 0 Å². The summed E-state index contributed by atoms with van der Waals surface area (Å²) in [7, 11) is 1.64. The second kappa shape index (κ2) is 7.45. The molecule has 1 rings (SSSR count). The van der Waals surface area contributed by atoms with Gasteiger partial charge in [0.25, 0.3) is 0 Å². The van der Waals surface area contributed by atoms with E-state index in [-0.39, 0.29) is 5.56 Å². The number of hydrogen-bond donors (Lipinski definition) is 1. The van der Waals surface area contributed by atoms with Crippen molar-refractivity contribution in [2.24, 2.45) is 0 Å². The molecule has 1 heterocycles. The average Bonchev–Trinajstić information content (AvgIpc) is 2.38. The first kappa shape index (κ1) is 15.9. The molecule has 6 heteroatoms. The predicted molar refractivity (Wildman–Crippen MR) is 66.8 cm³/mol. The second-order valence-electron chi connectivity index (χ2n) is 4.20. The Labute approximate surface area is 111 Å². The number of alkyl halides is 3. The van der Waals surface area contributed by atoms with Crippen molar-refractivity contribution in [1.29, 1.82) is 0 Å². The van der Waals surface area contributed by atoms with Crippen LogP contribution < -0.4 is 5.32 Å². The molecule has 0 spiro atoms. The summed E-state index contributed by atoms with van der Waals surface area (Å²) in [5, 5.41) is 2.89. The molecule has 0 fully saturated rings. The van der Waals surface area contributed by atoms with E-state index in [9.17, 15) is 13.2 Å². The van der Waals surface area contributed by atoms with Crippen molar-refractivity contribution < 1.29 is 17.9 Å². The zero-order valence-corrected chi connectivity index (χ0v) is 11.1. The summed E-state index contributed by atoms with van der Waals surface area (Å²) in [6.45, 7) is 3.03. The maximum absolute atomic E-state index is 12.9. The van der Waals surface area contributed by atoms with Gasteiger partial charge in [-0.05, 0) is 31.5 Å². The Balaban J connectivity index is 2.80. The normalized spacial score (nSPS) is 13.5.